The second kappa shape index (κ2) is 5.13. The zero-order valence-corrected chi connectivity index (χ0v) is 10.9. The van der Waals surface area contributed by atoms with Crippen LogP contribution in [0, 0.1) is 6.92 Å². The van der Waals surface area contributed by atoms with Gasteiger partial charge < -0.3 is 14.7 Å². The molecule has 96 valence electrons. The first-order chi connectivity index (χ1) is 8.54. The summed E-state index contributed by atoms with van der Waals surface area (Å²) in [7, 11) is 3.63. The van der Waals surface area contributed by atoms with Gasteiger partial charge in [0.15, 0.2) is 5.82 Å². The number of nitrogens with one attached hydrogen (secondary N) is 1. The molecule has 2 rings (SSSR count). The average Bonchev–Trinajstić information content (AvgIpc) is 2.72. The number of rotatable bonds is 4. The third-order valence-electron chi connectivity index (χ3n) is 1.96. The number of hydrogen-bond donors (Lipinski definition) is 1. The van der Waals surface area contributed by atoms with Gasteiger partial charge in [0, 0.05) is 14.1 Å². The van der Waals surface area contributed by atoms with Crippen LogP contribution in [0.15, 0.2) is 4.52 Å². The molecule has 0 spiro atoms. The SMILES string of the molecule is Cc1noc(CNc2nc(Cl)nc(N(C)C)n2)n1. The lowest BCUT2D eigenvalue weighted by Crippen LogP contribution is -2.15. The van der Waals surface area contributed by atoms with E-state index >= 15 is 0 Å². The molecule has 0 aliphatic carbocycles. The summed E-state index contributed by atoms with van der Waals surface area (Å²) < 4.78 is 4.96. The predicted octanol–water partition coefficient (Wildman–Crippen LogP) is 0.895. The van der Waals surface area contributed by atoms with Crippen LogP contribution in [-0.4, -0.2) is 39.2 Å². The van der Waals surface area contributed by atoms with Crippen LogP contribution in [0.4, 0.5) is 11.9 Å². The van der Waals surface area contributed by atoms with Crippen LogP contribution in [0.25, 0.3) is 0 Å². The largest absolute Gasteiger partial charge is 0.347 e. The van der Waals surface area contributed by atoms with E-state index in [0.29, 0.717) is 30.2 Å². The van der Waals surface area contributed by atoms with Crippen LogP contribution in [0.5, 0.6) is 0 Å². The molecular weight excluding hydrogens is 258 g/mol. The molecule has 2 aromatic rings. The highest BCUT2D eigenvalue weighted by Gasteiger charge is 2.08. The fourth-order valence-electron chi connectivity index (χ4n) is 1.19. The van der Waals surface area contributed by atoms with Crippen molar-refractivity contribution >= 4 is 23.5 Å². The molecule has 9 heteroatoms. The highest BCUT2D eigenvalue weighted by atomic mass is 35.5. The van der Waals surface area contributed by atoms with Gasteiger partial charge in [-0.2, -0.15) is 19.9 Å². The normalized spacial score (nSPS) is 10.4. The summed E-state index contributed by atoms with van der Waals surface area (Å²) in [4.78, 5) is 17.9. The molecule has 0 unspecified atom stereocenters. The maximum Gasteiger partial charge on any atom is 0.246 e. The molecule has 18 heavy (non-hydrogen) atoms. The van der Waals surface area contributed by atoms with Crippen molar-refractivity contribution in [2.45, 2.75) is 13.5 Å². The van der Waals surface area contributed by atoms with Gasteiger partial charge in [0.2, 0.25) is 23.1 Å². The fraction of sp³-hybridized carbons (Fsp3) is 0.444. The average molecular weight is 270 g/mol. The molecule has 0 atom stereocenters. The third kappa shape index (κ3) is 3.04. The van der Waals surface area contributed by atoms with Gasteiger partial charge in [0.1, 0.15) is 0 Å². The van der Waals surface area contributed by atoms with E-state index in [4.69, 9.17) is 16.1 Å². The van der Waals surface area contributed by atoms with Crippen molar-refractivity contribution in [2.24, 2.45) is 0 Å². The Morgan fingerprint density at radius 2 is 2.00 bits per heavy atom. The molecule has 8 nitrogen and oxygen atoms in total. The number of hydrogen-bond acceptors (Lipinski definition) is 8. The minimum atomic E-state index is 0.123. The Morgan fingerprint density at radius 3 is 2.61 bits per heavy atom. The van der Waals surface area contributed by atoms with Gasteiger partial charge in [0.05, 0.1) is 6.54 Å². The molecule has 2 heterocycles. The molecule has 0 aliphatic heterocycles. The highest BCUT2D eigenvalue weighted by molar-refractivity contribution is 6.28. The van der Waals surface area contributed by atoms with Crippen molar-refractivity contribution in [2.75, 3.05) is 24.3 Å². The number of halogens is 1. The van der Waals surface area contributed by atoms with Gasteiger partial charge >= 0.3 is 0 Å². The van der Waals surface area contributed by atoms with Crippen LogP contribution in [0.1, 0.15) is 11.7 Å². The molecule has 0 fully saturated rings. The zero-order valence-electron chi connectivity index (χ0n) is 10.2. The molecule has 0 aliphatic rings. The molecule has 2 aromatic heterocycles. The summed E-state index contributed by atoms with van der Waals surface area (Å²) in [6, 6.07) is 0. The fourth-order valence-corrected chi connectivity index (χ4v) is 1.34. The minimum absolute atomic E-state index is 0.123. The van der Waals surface area contributed by atoms with Crippen LogP contribution in [0.3, 0.4) is 0 Å². The molecule has 0 saturated heterocycles. The Hall–Kier alpha value is -1.96. The summed E-state index contributed by atoms with van der Waals surface area (Å²) >= 11 is 5.80. The van der Waals surface area contributed by atoms with Gasteiger partial charge in [-0.3, -0.25) is 0 Å². The van der Waals surface area contributed by atoms with Crippen molar-refractivity contribution in [3.63, 3.8) is 0 Å². The molecule has 0 radical (unpaired) electrons. The van der Waals surface area contributed by atoms with Gasteiger partial charge in [-0.05, 0) is 18.5 Å². The number of nitrogens with zero attached hydrogens (tertiary/aromatic N) is 6. The standard InChI is InChI=1S/C9H12ClN7O/c1-5-12-6(18-16-5)4-11-8-13-7(10)14-9(15-8)17(2)3/h4H2,1-3H3,(H,11,13,14,15). The lowest BCUT2D eigenvalue weighted by atomic mass is 10.6. The topological polar surface area (TPSA) is 92.9 Å². The van der Waals surface area contributed by atoms with E-state index < -0.39 is 0 Å². The summed E-state index contributed by atoms with van der Waals surface area (Å²) in [6.45, 7) is 2.07. The summed E-state index contributed by atoms with van der Waals surface area (Å²) in [6.07, 6.45) is 0. The van der Waals surface area contributed by atoms with Crippen LogP contribution < -0.4 is 10.2 Å². The van der Waals surface area contributed by atoms with E-state index in [1.807, 2.05) is 14.1 Å². The number of anilines is 2. The smallest absolute Gasteiger partial charge is 0.246 e. The molecule has 0 amide bonds. The Morgan fingerprint density at radius 1 is 1.22 bits per heavy atom. The van der Waals surface area contributed by atoms with E-state index in [9.17, 15) is 0 Å². The molecular formula is C9H12ClN7O. The molecule has 0 saturated carbocycles. The Kier molecular flexibility index (Phi) is 3.56. The van der Waals surface area contributed by atoms with Crippen molar-refractivity contribution < 1.29 is 4.52 Å². The monoisotopic (exact) mass is 269 g/mol. The maximum absolute atomic E-state index is 5.80. The van der Waals surface area contributed by atoms with Gasteiger partial charge in [-0.1, -0.05) is 5.16 Å². The summed E-state index contributed by atoms with van der Waals surface area (Å²) in [5.74, 6) is 1.86. The second-order valence-electron chi connectivity index (χ2n) is 3.71. The van der Waals surface area contributed by atoms with Crippen LogP contribution in [0.2, 0.25) is 5.28 Å². The van der Waals surface area contributed by atoms with Gasteiger partial charge in [-0.15, -0.1) is 0 Å². The lowest BCUT2D eigenvalue weighted by Gasteiger charge is -2.11. The number of aryl methyl sites for hydroxylation is 1. The van der Waals surface area contributed by atoms with E-state index in [2.05, 4.69) is 30.4 Å². The molecule has 0 bridgehead atoms. The predicted molar refractivity (Wildman–Crippen MR) is 65.5 cm³/mol. The first-order valence-electron chi connectivity index (χ1n) is 5.16. The Balaban J connectivity index is 2.09. The first kappa shape index (κ1) is 12.5. The second-order valence-corrected chi connectivity index (χ2v) is 4.05. The van der Waals surface area contributed by atoms with E-state index in [1.54, 1.807) is 11.8 Å². The summed E-state index contributed by atoms with van der Waals surface area (Å²) in [5.41, 5.74) is 0. The quantitative estimate of drug-likeness (QED) is 0.875. The molecule has 1 N–H and O–H groups in total. The van der Waals surface area contributed by atoms with Crippen molar-refractivity contribution in [1.29, 1.82) is 0 Å². The van der Waals surface area contributed by atoms with Gasteiger partial charge in [0.25, 0.3) is 0 Å². The van der Waals surface area contributed by atoms with E-state index in [1.165, 1.54) is 0 Å². The molecule has 0 aromatic carbocycles. The van der Waals surface area contributed by atoms with Crippen molar-refractivity contribution in [1.82, 2.24) is 25.1 Å². The Labute approximate surface area is 108 Å². The summed E-state index contributed by atoms with van der Waals surface area (Å²) in [5, 5.41) is 6.74. The van der Waals surface area contributed by atoms with Crippen LogP contribution in [-0.2, 0) is 6.54 Å². The Bertz CT molecular complexity index is 541. The lowest BCUT2D eigenvalue weighted by molar-refractivity contribution is 0.379. The maximum atomic E-state index is 5.80. The van der Waals surface area contributed by atoms with E-state index in [0.717, 1.165) is 0 Å². The van der Waals surface area contributed by atoms with Gasteiger partial charge in [-0.25, -0.2) is 0 Å². The minimum Gasteiger partial charge on any atom is -0.347 e. The third-order valence-corrected chi connectivity index (χ3v) is 2.13. The van der Waals surface area contributed by atoms with Crippen molar-refractivity contribution in [3.05, 3.63) is 17.0 Å². The first-order valence-corrected chi connectivity index (χ1v) is 5.54. The number of aromatic nitrogens is 5. The van der Waals surface area contributed by atoms with Crippen molar-refractivity contribution in [3.8, 4) is 0 Å². The zero-order chi connectivity index (χ0) is 13.1. The van der Waals surface area contributed by atoms with Crippen LogP contribution >= 0.6 is 11.6 Å². The van der Waals surface area contributed by atoms with E-state index in [-0.39, 0.29) is 5.28 Å². The highest BCUT2D eigenvalue weighted by Crippen LogP contribution is 2.12.